The molecule has 0 unspecified atom stereocenters. The number of nitrogens with zero attached hydrogens (tertiary/aromatic N) is 3. The fraction of sp³-hybridized carbons (Fsp3) is 0.593. The molecule has 9 nitrogen and oxygen atoms in total. The van der Waals surface area contributed by atoms with Crippen LogP contribution < -0.4 is 14.8 Å². The van der Waals surface area contributed by atoms with Gasteiger partial charge >= 0.3 is 6.09 Å². The molecule has 1 aliphatic rings. The van der Waals surface area contributed by atoms with E-state index in [2.05, 4.69) is 49.1 Å². The largest absolute Gasteiger partial charge is 0.497 e. The van der Waals surface area contributed by atoms with E-state index in [4.69, 9.17) is 30.2 Å². The quantitative estimate of drug-likeness (QED) is 0.278. The molecule has 11 heteroatoms. The Hall–Kier alpha value is -2.56. The maximum Gasteiger partial charge on any atom is 0.410 e. The topological polar surface area (TPSA) is 95.0 Å². The number of anilines is 1. The van der Waals surface area contributed by atoms with E-state index < -0.39 is 13.9 Å². The van der Waals surface area contributed by atoms with Gasteiger partial charge in [-0.25, -0.2) is 9.78 Å². The number of benzene rings is 1. The van der Waals surface area contributed by atoms with Crippen LogP contribution in [-0.4, -0.2) is 67.2 Å². The van der Waals surface area contributed by atoms with Gasteiger partial charge in [0, 0.05) is 13.1 Å². The molecule has 2 heterocycles. The minimum absolute atomic E-state index is 0.0639. The van der Waals surface area contributed by atoms with Crippen molar-refractivity contribution in [2.45, 2.75) is 83.8 Å². The predicted octanol–water partition coefficient (Wildman–Crippen LogP) is 6.74. The Morgan fingerprint density at radius 3 is 2.34 bits per heavy atom. The molecule has 38 heavy (non-hydrogen) atoms. The molecule has 0 spiro atoms. The molecule has 1 saturated heterocycles. The van der Waals surface area contributed by atoms with Gasteiger partial charge in [-0.3, -0.25) is 0 Å². The summed E-state index contributed by atoms with van der Waals surface area (Å²) in [6.45, 7) is 17.6. The van der Waals surface area contributed by atoms with Gasteiger partial charge in [-0.2, -0.15) is 4.98 Å². The molecule has 1 aliphatic heterocycles. The van der Waals surface area contributed by atoms with E-state index in [1.54, 1.807) is 42.5 Å². The highest BCUT2D eigenvalue weighted by molar-refractivity contribution is 6.74. The lowest BCUT2D eigenvalue weighted by Gasteiger charge is -2.38. The van der Waals surface area contributed by atoms with Crippen LogP contribution in [0.15, 0.2) is 30.5 Å². The number of hydrogen-bond acceptors (Lipinski definition) is 8. The Kier molecular flexibility index (Phi) is 9.21. The van der Waals surface area contributed by atoms with Crippen LogP contribution in [0.2, 0.25) is 23.4 Å². The maximum atomic E-state index is 13.2. The zero-order valence-electron chi connectivity index (χ0n) is 23.9. The van der Waals surface area contributed by atoms with Crippen molar-refractivity contribution in [1.82, 2.24) is 14.9 Å². The highest BCUT2D eigenvalue weighted by Gasteiger charge is 2.44. The summed E-state index contributed by atoms with van der Waals surface area (Å²) in [6.07, 6.45) is 1.83. The SMILES string of the molecule is COc1ccc(Oc2nc(Cl)ncc2NC[C@@H]2C[C@@H](O[Si](C)(C)C(C)(C)C)CN2C(=O)OC(C)(C)C)cc1. The van der Waals surface area contributed by atoms with Gasteiger partial charge in [0.2, 0.25) is 11.2 Å². The van der Waals surface area contributed by atoms with E-state index in [1.807, 2.05) is 20.8 Å². The van der Waals surface area contributed by atoms with E-state index in [0.29, 0.717) is 36.7 Å². The van der Waals surface area contributed by atoms with Crippen molar-refractivity contribution in [2.75, 3.05) is 25.5 Å². The van der Waals surface area contributed by atoms with Gasteiger partial charge in [0.1, 0.15) is 22.8 Å². The number of amides is 1. The van der Waals surface area contributed by atoms with Crippen LogP contribution in [0.25, 0.3) is 0 Å². The molecule has 0 radical (unpaired) electrons. The number of methoxy groups -OCH3 is 1. The van der Waals surface area contributed by atoms with Gasteiger partial charge in [-0.15, -0.1) is 0 Å². The van der Waals surface area contributed by atoms with Crippen molar-refractivity contribution in [3.05, 3.63) is 35.7 Å². The van der Waals surface area contributed by atoms with Crippen LogP contribution in [0, 0.1) is 0 Å². The molecule has 1 fully saturated rings. The Morgan fingerprint density at radius 2 is 1.76 bits per heavy atom. The minimum Gasteiger partial charge on any atom is -0.497 e. The van der Waals surface area contributed by atoms with E-state index in [1.165, 1.54) is 0 Å². The van der Waals surface area contributed by atoms with Crippen LogP contribution in [0.3, 0.4) is 0 Å². The number of halogens is 1. The smallest absolute Gasteiger partial charge is 0.410 e. The van der Waals surface area contributed by atoms with Crippen molar-refractivity contribution in [3.8, 4) is 17.4 Å². The molecular formula is C27H41ClN4O5Si. The molecule has 0 aliphatic carbocycles. The minimum atomic E-state index is -2.03. The average Bonchev–Trinajstić information content (AvgIpc) is 3.19. The second-order valence-corrected chi connectivity index (χ2v) is 17.1. The van der Waals surface area contributed by atoms with Crippen molar-refractivity contribution >= 4 is 31.7 Å². The summed E-state index contributed by atoms with van der Waals surface area (Å²) in [7, 11) is -0.421. The molecule has 2 atom stereocenters. The highest BCUT2D eigenvalue weighted by Crippen LogP contribution is 2.39. The summed E-state index contributed by atoms with van der Waals surface area (Å²) in [5.41, 5.74) is -0.0419. The standard InChI is InChI=1S/C27H41ClN4O5Si/c1-26(2,3)36-25(33)32-17-21(37-38(8,9)27(4,5)6)14-18(32)15-29-22-16-30-24(28)31-23(22)35-20-12-10-19(34-7)11-13-20/h10-13,16,18,21,29H,14-15,17H2,1-9H3/t18-,21+/m0/s1. The third-order valence-electron chi connectivity index (χ3n) is 6.80. The average molecular weight is 565 g/mol. The van der Waals surface area contributed by atoms with Crippen molar-refractivity contribution < 1.29 is 23.4 Å². The van der Waals surface area contributed by atoms with Crippen molar-refractivity contribution in [2.24, 2.45) is 0 Å². The number of ether oxygens (including phenoxy) is 3. The van der Waals surface area contributed by atoms with Gasteiger partial charge in [0.15, 0.2) is 8.32 Å². The number of carbonyl (C=O) groups excluding carboxylic acids is 1. The number of carbonyl (C=O) groups is 1. The summed E-state index contributed by atoms with van der Waals surface area (Å²) >= 11 is 6.07. The van der Waals surface area contributed by atoms with E-state index in [-0.39, 0.29) is 34.4 Å². The first-order valence-electron chi connectivity index (χ1n) is 12.8. The van der Waals surface area contributed by atoms with E-state index >= 15 is 0 Å². The Labute approximate surface area is 232 Å². The normalized spacial score (nSPS) is 18.3. The first-order chi connectivity index (χ1) is 17.6. The molecule has 1 N–H and O–H groups in total. The lowest BCUT2D eigenvalue weighted by atomic mass is 10.2. The van der Waals surface area contributed by atoms with Gasteiger partial charge in [0.25, 0.3) is 0 Å². The fourth-order valence-corrected chi connectivity index (χ4v) is 5.30. The van der Waals surface area contributed by atoms with Crippen LogP contribution in [0.5, 0.6) is 17.4 Å². The Bertz CT molecular complexity index is 1100. The lowest BCUT2D eigenvalue weighted by Crippen LogP contribution is -2.45. The summed E-state index contributed by atoms with van der Waals surface area (Å²) < 4.78 is 23.6. The molecule has 0 saturated carbocycles. The third-order valence-corrected chi connectivity index (χ3v) is 11.5. The number of nitrogens with one attached hydrogen (secondary N) is 1. The van der Waals surface area contributed by atoms with E-state index in [9.17, 15) is 4.79 Å². The Balaban J connectivity index is 1.78. The zero-order chi connectivity index (χ0) is 28.3. The summed E-state index contributed by atoms with van der Waals surface area (Å²) in [4.78, 5) is 23.3. The Morgan fingerprint density at radius 1 is 1.13 bits per heavy atom. The molecule has 1 amide bonds. The second-order valence-electron chi connectivity index (χ2n) is 12.0. The molecule has 1 aromatic heterocycles. The van der Waals surface area contributed by atoms with Crippen molar-refractivity contribution in [1.29, 1.82) is 0 Å². The third kappa shape index (κ3) is 7.97. The molecule has 210 valence electrons. The number of hydrogen-bond donors (Lipinski definition) is 1. The second kappa shape index (κ2) is 11.7. The zero-order valence-corrected chi connectivity index (χ0v) is 25.7. The van der Waals surface area contributed by atoms with Crippen LogP contribution in [-0.2, 0) is 9.16 Å². The monoisotopic (exact) mass is 564 g/mol. The number of aromatic nitrogens is 2. The molecule has 1 aromatic carbocycles. The molecule has 3 rings (SSSR count). The number of likely N-dealkylation sites (tertiary alicyclic amines) is 1. The molecule has 0 bridgehead atoms. The summed E-state index contributed by atoms with van der Waals surface area (Å²) in [5.74, 6) is 1.57. The summed E-state index contributed by atoms with van der Waals surface area (Å²) in [5, 5.41) is 3.49. The lowest BCUT2D eigenvalue weighted by molar-refractivity contribution is 0.0218. The highest BCUT2D eigenvalue weighted by atomic mass is 35.5. The van der Waals surface area contributed by atoms with Gasteiger partial charge in [-0.05, 0) is 81.2 Å². The predicted molar refractivity (Wildman–Crippen MR) is 152 cm³/mol. The van der Waals surface area contributed by atoms with Gasteiger partial charge in [0.05, 0.1) is 25.5 Å². The first kappa shape index (κ1) is 30.0. The summed E-state index contributed by atoms with van der Waals surface area (Å²) in [6, 6.07) is 6.99. The van der Waals surface area contributed by atoms with E-state index in [0.717, 1.165) is 0 Å². The fourth-order valence-electron chi connectivity index (χ4n) is 3.82. The van der Waals surface area contributed by atoms with Gasteiger partial charge < -0.3 is 28.9 Å². The van der Waals surface area contributed by atoms with Crippen LogP contribution >= 0.6 is 11.6 Å². The van der Waals surface area contributed by atoms with Crippen molar-refractivity contribution in [3.63, 3.8) is 0 Å². The van der Waals surface area contributed by atoms with Crippen LogP contribution in [0.1, 0.15) is 48.0 Å². The molecular weight excluding hydrogens is 524 g/mol. The number of rotatable bonds is 8. The maximum absolute atomic E-state index is 13.2. The van der Waals surface area contributed by atoms with Gasteiger partial charge in [-0.1, -0.05) is 20.8 Å². The molecule has 2 aromatic rings. The first-order valence-corrected chi connectivity index (χ1v) is 16.1. The van der Waals surface area contributed by atoms with Crippen LogP contribution in [0.4, 0.5) is 10.5 Å².